The molecule has 1 aliphatic carbocycles. The molecule has 5 amide bonds. The molecule has 1 aliphatic heterocycles. The van der Waals surface area contributed by atoms with Crippen LogP contribution in [0.15, 0.2) is 48.5 Å². The van der Waals surface area contributed by atoms with Crippen LogP contribution in [-0.4, -0.2) is 46.1 Å². The molecule has 2 fully saturated rings. The van der Waals surface area contributed by atoms with Gasteiger partial charge in [0.05, 0.1) is 0 Å². The molecule has 1 unspecified atom stereocenters. The summed E-state index contributed by atoms with van der Waals surface area (Å²) in [7, 11) is 0. The van der Waals surface area contributed by atoms with Gasteiger partial charge < -0.3 is 16.0 Å². The Morgan fingerprint density at radius 3 is 2.28 bits per heavy atom. The number of aryl methyl sites for hydroxylation is 1. The second-order valence-corrected chi connectivity index (χ2v) is 8.63. The molecule has 1 saturated heterocycles. The van der Waals surface area contributed by atoms with Gasteiger partial charge in [0.2, 0.25) is 11.8 Å². The number of imide groups is 1. The Balaban J connectivity index is 1.48. The highest BCUT2D eigenvalue weighted by atomic mass is 16.2. The van der Waals surface area contributed by atoms with Crippen LogP contribution in [0.25, 0.3) is 0 Å². The summed E-state index contributed by atoms with van der Waals surface area (Å²) in [5.41, 5.74) is 7.03. The van der Waals surface area contributed by atoms with Crippen LogP contribution < -0.4 is 11.1 Å². The maximum Gasteiger partial charge on any atom is 0.325 e. The van der Waals surface area contributed by atoms with E-state index in [4.69, 9.17) is 5.73 Å². The van der Waals surface area contributed by atoms with Crippen LogP contribution in [0.4, 0.5) is 4.79 Å². The van der Waals surface area contributed by atoms with Crippen LogP contribution in [0.2, 0.25) is 0 Å². The molecule has 1 heterocycles. The molecule has 32 heavy (non-hydrogen) atoms. The minimum absolute atomic E-state index is 0.0857. The average Bonchev–Trinajstić information content (AvgIpc) is 3.57. The predicted octanol–water partition coefficient (Wildman–Crippen LogP) is 2.05. The fraction of sp³-hybridized carbons (Fsp3) is 0.333. The number of nitrogens with one attached hydrogen (secondary N) is 1. The molecule has 0 radical (unpaired) electrons. The van der Waals surface area contributed by atoms with Crippen LogP contribution >= 0.6 is 0 Å². The first kappa shape index (κ1) is 21.5. The molecule has 1 saturated carbocycles. The van der Waals surface area contributed by atoms with Crippen molar-refractivity contribution in [1.29, 1.82) is 0 Å². The molecule has 0 aromatic heterocycles. The van der Waals surface area contributed by atoms with Gasteiger partial charge in [0.15, 0.2) is 0 Å². The second-order valence-electron chi connectivity index (χ2n) is 8.63. The molecule has 2 aliphatic rings. The van der Waals surface area contributed by atoms with E-state index in [9.17, 15) is 19.2 Å². The normalized spacial score (nSPS) is 20.2. The molecule has 2 aromatic rings. The van der Waals surface area contributed by atoms with Crippen LogP contribution in [0, 0.1) is 6.92 Å². The highest BCUT2D eigenvalue weighted by Gasteiger charge is 2.50. The second kappa shape index (κ2) is 8.11. The summed E-state index contributed by atoms with van der Waals surface area (Å²) in [4.78, 5) is 52.9. The van der Waals surface area contributed by atoms with E-state index in [0.29, 0.717) is 17.7 Å². The van der Waals surface area contributed by atoms with Crippen LogP contribution in [0.3, 0.4) is 0 Å². The molecule has 0 spiro atoms. The number of nitrogens with zero attached hydrogens (tertiary/aromatic N) is 2. The van der Waals surface area contributed by atoms with Gasteiger partial charge in [0.25, 0.3) is 5.91 Å². The lowest BCUT2D eigenvalue weighted by molar-refractivity contribution is -0.139. The maximum absolute atomic E-state index is 13.2. The van der Waals surface area contributed by atoms with Gasteiger partial charge in [0.1, 0.15) is 12.1 Å². The molecular weight excluding hydrogens is 408 g/mol. The van der Waals surface area contributed by atoms with Crippen molar-refractivity contribution >= 4 is 23.8 Å². The molecule has 0 bridgehead atoms. The lowest BCUT2D eigenvalue weighted by atomic mass is 9.91. The van der Waals surface area contributed by atoms with E-state index >= 15 is 0 Å². The fourth-order valence-corrected chi connectivity index (χ4v) is 3.93. The molecule has 166 valence electrons. The number of primary amides is 1. The summed E-state index contributed by atoms with van der Waals surface area (Å²) in [6.07, 6.45) is 1.76. The molecule has 3 N–H and O–H groups in total. The van der Waals surface area contributed by atoms with Crippen molar-refractivity contribution in [3.05, 3.63) is 70.8 Å². The quantitative estimate of drug-likeness (QED) is 0.650. The third kappa shape index (κ3) is 4.08. The summed E-state index contributed by atoms with van der Waals surface area (Å²) in [5.74, 6) is -1.24. The van der Waals surface area contributed by atoms with E-state index in [1.165, 1.54) is 0 Å². The molecule has 2 aromatic carbocycles. The Labute approximate surface area is 186 Å². The molecule has 4 rings (SSSR count). The zero-order chi connectivity index (χ0) is 23.0. The number of rotatable bonds is 7. The third-order valence-corrected chi connectivity index (χ3v) is 6.10. The van der Waals surface area contributed by atoms with Gasteiger partial charge in [-0.2, -0.15) is 0 Å². The van der Waals surface area contributed by atoms with E-state index in [-0.39, 0.29) is 18.5 Å². The van der Waals surface area contributed by atoms with Crippen molar-refractivity contribution in [3.63, 3.8) is 0 Å². The Hall–Kier alpha value is -3.68. The standard InChI is InChI=1S/C24H26N4O4/c1-15-3-9-18(10-4-15)24(2)22(31)28(23(32)26-24)14-20(29)27(19-11-12-19)13-16-5-7-17(8-6-16)21(25)30/h3-10,19H,11-14H2,1-2H3,(H2,25,30)(H,26,32). The first-order chi connectivity index (χ1) is 15.2. The van der Waals surface area contributed by atoms with Crippen molar-refractivity contribution in [2.75, 3.05) is 6.54 Å². The number of amides is 5. The van der Waals surface area contributed by atoms with Gasteiger partial charge in [0, 0.05) is 18.2 Å². The van der Waals surface area contributed by atoms with Crippen LogP contribution in [-0.2, 0) is 21.7 Å². The lowest BCUT2D eigenvalue weighted by Crippen LogP contribution is -2.45. The number of carbonyl (C=O) groups excluding carboxylic acids is 4. The van der Waals surface area contributed by atoms with Crippen molar-refractivity contribution in [2.24, 2.45) is 5.73 Å². The highest BCUT2D eigenvalue weighted by Crippen LogP contribution is 2.31. The lowest BCUT2D eigenvalue weighted by Gasteiger charge is -2.25. The van der Waals surface area contributed by atoms with Crippen molar-refractivity contribution < 1.29 is 19.2 Å². The van der Waals surface area contributed by atoms with Crippen molar-refractivity contribution in [2.45, 2.75) is 44.8 Å². The summed E-state index contributed by atoms with van der Waals surface area (Å²) in [5, 5.41) is 2.74. The summed E-state index contributed by atoms with van der Waals surface area (Å²) in [6.45, 7) is 3.62. The Morgan fingerprint density at radius 2 is 1.72 bits per heavy atom. The summed E-state index contributed by atoms with van der Waals surface area (Å²) >= 11 is 0. The maximum atomic E-state index is 13.2. The Morgan fingerprint density at radius 1 is 1.09 bits per heavy atom. The average molecular weight is 434 g/mol. The number of benzene rings is 2. The highest BCUT2D eigenvalue weighted by molar-refractivity contribution is 6.09. The van der Waals surface area contributed by atoms with E-state index in [2.05, 4.69) is 5.32 Å². The Bertz CT molecular complexity index is 1080. The smallest absolute Gasteiger partial charge is 0.325 e. The largest absolute Gasteiger partial charge is 0.366 e. The number of carbonyl (C=O) groups is 4. The van der Waals surface area contributed by atoms with E-state index in [1.54, 1.807) is 36.1 Å². The topological polar surface area (TPSA) is 113 Å². The molecular formula is C24H26N4O4. The van der Waals surface area contributed by atoms with Crippen LogP contribution in [0.5, 0.6) is 0 Å². The third-order valence-electron chi connectivity index (χ3n) is 6.10. The zero-order valence-corrected chi connectivity index (χ0v) is 18.1. The molecule has 1 atom stereocenters. The first-order valence-corrected chi connectivity index (χ1v) is 10.6. The summed E-state index contributed by atoms with van der Waals surface area (Å²) in [6, 6.07) is 13.6. The van der Waals surface area contributed by atoms with Crippen molar-refractivity contribution in [3.8, 4) is 0 Å². The number of hydrogen-bond acceptors (Lipinski definition) is 4. The van der Waals surface area contributed by atoms with Gasteiger partial charge >= 0.3 is 6.03 Å². The predicted molar refractivity (Wildman–Crippen MR) is 117 cm³/mol. The van der Waals surface area contributed by atoms with Crippen LogP contribution in [0.1, 0.15) is 46.8 Å². The van der Waals surface area contributed by atoms with Gasteiger partial charge in [-0.3, -0.25) is 19.3 Å². The van der Waals surface area contributed by atoms with Gasteiger partial charge in [-0.05, 0) is 49.9 Å². The SMILES string of the molecule is Cc1ccc(C2(C)NC(=O)N(CC(=O)N(Cc3ccc(C(N)=O)cc3)C3CC3)C2=O)cc1. The molecule has 8 nitrogen and oxygen atoms in total. The van der Waals surface area contributed by atoms with Gasteiger partial charge in [-0.25, -0.2) is 4.79 Å². The van der Waals surface area contributed by atoms with E-state index in [0.717, 1.165) is 28.9 Å². The van der Waals surface area contributed by atoms with Gasteiger partial charge in [-0.15, -0.1) is 0 Å². The minimum atomic E-state index is -1.21. The number of urea groups is 1. The first-order valence-electron chi connectivity index (χ1n) is 10.6. The zero-order valence-electron chi connectivity index (χ0n) is 18.1. The number of nitrogens with two attached hydrogens (primary N) is 1. The molecule has 8 heteroatoms. The summed E-state index contributed by atoms with van der Waals surface area (Å²) < 4.78 is 0. The van der Waals surface area contributed by atoms with E-state index in [1.807, 2.05) is 31.2 Å². The van der Waals surface area contributed by atoms with Crippen molar-refractivity contribution in [1.82, 2.24) is 15.1 Å². The van der Waals surface area contributed by atoms with E-state index < -0.39 is 23.4 Å². The Kier molecular flexibility index (Phi) is 5.46. The minimum Gasteiger partial charge on any atom is -0.366 e. The van der Waals surface area contributed by atoms with Gasteiger partial charge in [-0.1, -0.05) is 42.0 Å². The number of hydrogen-bond donors (Lipinski definition) is 2. The fourth-order valence-electron chi connectivity index (χ4n) is 3.93. The monoisotopic (exact) mass is 434 g/mol.